The van der Waals surface area contributed by atoms with Gasteiger partial charge in [0, 0.05) is 23.5 Å². The van der Waals surface area contributed by atoms with E-state index in [0.717, 1.165) is 43.6 Å². The minimum Gasteiger partial charge on any atom is -0.325 e. The number of piperidine rings is 1. The average Bonchev–Trinajstić information content (AvgIpc) is 3.13. The molecule has 5 nitrogen and oxygen atoms in total. The molecule has 0 aliphatic carbocycles. The zero-order valence-corrected chi connectivity index (χ0v) is 14.7. The first-order valence-electron chi connectivity index (χ1n) is 9.26. The fourth-order valence-corrected chi connectivity index (χ4v) is 3.71. The summed E-state index contributed by atoms with van der Waals surface area (Å²) in [5, 5.41) is 6.18. The number of fused-ring (bicyclic) bond motifs is 1. The van der Waals surface area contributed by atoms with Gasteiger partial charge in [0.15, 0.2) is 0 Å². The first-order chi connectivity index (χ1) is 12.7. The second kappa shape index (κ2) is 7.30. The van der Waals surface area contributed by atoms with E-state index in [1.54, 1.807) is 24.3 Å². The van der Waals surface area contributed by atoms with Crippen LogP contribution in [-0.2, 0) is 11.2 Å². The van der Waals surface area contributed by atoms with Crippen LogP contribution in [0.5, 0.6) is 0 Å². The summed E-state index contributed by atoms with van der Waals surface area (Å²) in [6.45, 7) is 1.60. The lowest BCUT2D eigenvalue weighted by Crippen LogP contribution is -2.43. The number of nitrogens with one attached hydrogen (secondary N) is 2. The minimum atomic E-state index is -0.119. The number of anilines is 2. The molecule has 4 rings (SSSR count). The third-order valence-electron chi connectivity index (χ3n) is 5.16. The second-order valence-corrected chi connectivity index (χ2v) is 6.90. The van der Waals surface area contributed by atoms with Gasteiger partial charge in [-0.1, -0.05) is 24.6 Å². The molecular weight excluding hydrogens is 326 g/mol. The largest absolute Gasteiger partial charge is 0.325 e. The normalized spacial score (nSPS) is 19.1. The van der Waals surface area contributed by atoms with Gasteiger partial charge in [0.2, 0.25) is 5.91 Å². The van der Waals surface area contributed by atoms with Gasteiger partial charge in [0.05, 0.1) is 6.04 Å². The molecule has 2 heterocycles. The summed E-state index contributed by atoms with van der Waals surface area (Å²) in [7, 11) is 0. The van der Waals surface area contributed by atoms with E-state index in [4.69, 9.17) is 0 Å². The molecule has 2 aromatic carbocycles. The summed E-state index contributed by atoms with van der Waals surface area (Å²) < 4.78 is 0. The number of amides is 2. The van der Waals surface area contributed by atoms with E-state index in [-0.39, 0.29) is 17.9 Å². The van der Waals surface area contributed by atoms with Crippen LogP contribution in [0.1, 0.15) is 35.2 Å². The van der Waals surface area contributed by atoms with Crippen molar-refractivity contribution in [2.75, 3.05) is 23.3 Å². The van der Waals surface area contributed by atoms with Crippen molar-refractivity contribution in [3.05, 3.63) is 59.7 Å². The number of hydrogen-bond donors (Lipinski definition) is 2. The molecule has 134 valence electrons. The maximum Gasteiger partial charge on any atom is 0.258 e. The SMILES string of the molecule is O=C(Nc1ccc(C(=O)N2CCc3ccccc32)cc1)C1CCCCN1. The Morgan fingerprint density at radius 1 is 1.04 bits per heavy atom. The van der Waals surface area contributed by atoms with Gasteiger partial charge < -0.3 is 15.5 Å². The molecule has 1 atom stereocenters. The van der Waals surface area contributed by atoms with Crippen molar-refractivity contribution in [1.29, 1.82) is 0 Å². The van der Waals surface area contributed by atoms with E-state index in [9.17, 15) is 9.59 Å². The zero-order valence-electron chi connectivity index (χ0n) is 14.7. The van der Waals surface area contributed by atoms with E-state index in [1.807, 2.05) is 23.1 Å². The Bertz CT molecular complexity index is 810. The molecule has 2 aliphatic heterocycles. The third kappa shape index (κ3) is 3.35. The monoisotopic (exact) mass is 349 g/mol. The van der Waals surface area contributed by atoms with Crippen molar-refractivity contribution < 1.29 is 9.59 Å². The second-order valence-electron chi connectivity index (χ2n) is 6.90. The van der Waals surface area contributed by atoms with Crippen LogP contribution >= 0.6 is 0 Å². The Balaban J connectivity index is 1.43. The summed E-state index contributed by atoms with van der Waals surface area (Å²) in [5.41, 5.74) is 3.57. The van der Waals surface area contributed by atoms with E-state index in [2.05, 4.69) is 16.7 Å². The van der Waals surface area contributed by atoms with Crippen molar-refractivity contribution in [3.8, 4) is 0 Å². The molecule has 1 saturated heterocycles. The highest BCUT2D eigenvalue weighted by Gasteiger charge is 2.25. The lowest BCUT2D eigenvalue weighted by Gasteiger charge is -2.22. The van der Waals surface area contributed by atoms with Crippen LogP contribution in [0.3, 0.4) is 0 Å². The summed E-state index contributed by atoms with van der Waals surface area (Å²) in [5.74, 6) is -0.000907. The number of hydrogen-bond acceptors (Lipinski definition) is 3. The first kappa shape index (κ1) is 16.8. The highest BCUT2D eigenvalue weighted by Crippen LogP contribution is 2.29. The van der Waals surface area contributed by atoms with Gasteiger partial charge in [-0.3, -0.25) is 9.59 Å². The van der Waals surface area contributed by atoms with Crippen LogP contribution in [0.4, 0.5) is 11.4 Å². The fourth-order valence-electron chi connectivity index (χ4n) is 3.71. The molecule has 5 heteroatoms. The molecule has 0 aromatic heterocycles. The maximum atomic E-state index is 12.8. The van der Waals surface area contributed by atoms with Crippen LogP contribution in [0.25, 0.3) is 0 Å². The quantitative estimate of drug-likeness (QED) is 0.896. The van der Waals surface area contributed by atoms with Crippen molar-refractivity contribution >= 4 is 23.2 Å². The summed E-state index contributed by atoms with van der Waals surface area (Å²) in [6.07, 6.45) is 3.97. The molecule has 26 heavy (non-hydrogen) atoms. The lowest BCUT2D eigenvalue weighted by atomic mass is 10.0. The molecule has 0 saturated carbocycles. The van der Waals surface area contributed by atoms with Crippen molar-refractivity contribution in [1.82, 2.24) is 5.32 Å². The van der Waals surface area contributed by atoms with Crippen LogP contribution in [-0.4, -0.2) is 30.9 Å². The van der Waals surface area contributed by atoms with E-state index < -0.39 is 0 Å². The molecule has 2 amide bonds. The number of carbonyl (C=O) groups excluding carboxylic acids is 2. The van der Waals surface area contributed by atoms with Crippen LogP contribution in [0.2, 0.25) is 0 Å². The Kier molecular flexibility index (Phi) is 4.71. The molecule has 2 N–H and O–H groups in total. The Morgan fingerprint density at radius 3 is 2.62 bits per heavy atom. The number of carbonyl (C=O) groups is 2. The van der Waals surface area contributed by atoms with Gasteiger partial charge in [-0.25, -0.2) is 0 Å². The van der Waals surface area contributed by atoms with Crippen LogP contribution in [0.15, 0.2) is 48.5 Å². The molecule has 1 unspecified atom stereocenters. The Morgan fingerprint density at radius 2 is 1.85 bits per heavy atom. The molecule has 0 spiro atoms. The number of benzene rings is 2. The molecule has 1 fully saturated rings. The van der Waals surface area contributed by atoms with Gasteiger partial charge in [0.25, 0.3) is 5.91 Å². The number of rotatable bonds is 3. The van der Waals surface area contributed by atoms with Crippen molar-refractivity contribution in [2.24, 2.45) is 0 Å². The van der Waals surface area contributed by atoms with Gasteiger partial charge in [-0.05, 0) is 61.7 Å². The lowest BCUT2D eigenvalue weighted by molar-refractivity contribution is -0.118. The van der Waals surface area contributed by atoms with Gasteiger partial charge in [-0.2, -0.15) is 0 Å². The predicted octanol–water partition coefficient (Wildman–Crippen LogP) is 2.97. The Hall–Kier alpha value is -2.66. The summed E-state index contributed by atoms with van der Waals surface area (Å²) >= 11 is 0. The number of para-hydroxylation sites is 1. The van der Waals surface area contributed by atoms with Gasteiger partial charge >= 0.3 is 0 Å². The molecule has 2 aliphatic rings. The Labute approximate surface area is 153 Å². The average molecular weight is 349 g/mol. The van der Waals surface area contributed by atoms with Gasteiger partial charge in [-0.15, -0.1) is 0 Å². The number of nitrogens with zero attached hydrogens (tertiary/aromatic N) is 1. The highest BCUT2D eigenvalue weighted by molar-refractivity contribution is 6.07. The minimum absolute atomic E-state index is 0.00164. The summed E-state index contributed by atoms with van der Waals surface area (Å²) in [6, 6.07) is 15.1. The molecule has 2 aromatic rings. The zero-order chi connectivity index (χ0) is 17.9. The highest BCUT2D eigenvalue weighted by atomic mass is 16.2. The van der Waals surface area contributed by atoms with E-state index in [0.29, 0.717) is 12.1 Å². The third-order valence-corrected chi connectivity index (χ3v) is 5.16. The fraction of sp³-hybridized carbons (Fsp3) is 0.333. The smallest absolute Gasteiger partial charge is 0.258 e. The summed E-state index contributed by atoms with van der Waals surface area (Å²) in [4.78, 5) is 26.9. The molecule has 0 radical (unpaired) electrons. The van der Waals surface area contributed by atoms with Crippen molar-refractivity contribution in [3.63, 3.8) is 0 Å². The van der Waals surface area contributed by atoms with Crippen LogP contribution in [0, 0.1) is 0 Å². The predicted molar refractivity (Wildman–Crippen MR) is 103 cm³/mol. The van der Waals surface area contributed by atoms with E-state index >= 15 is 0 Å². The van der Waals surface area contributed by atoms with Crippen LogP contribution < -0.4 is 15.5 Å². The molecular formula is C21H23N3O2. The first-order valence-corrected chi connectivity index (χ1v) is 9.26. The standard InChI is InChI=1S/C21H23N3O2/c25-20(18-6-3-4-13-22-18)23-17-10-8-16(9-11-17)21(26)24-14-12-15-5-1-2-7-19(15)24/h1-2,5,7-11,18,22H,3-4,6,12-14H2,(H,23,25). The maximum absolute atomic E-state index is 12.8. The van der Waals surface area contributed by atoms with E-state index in [1.165, 1.54) is 5.56 Å². The van der Waals surface area contributed by atoms with Gasteiger partial charge in [0.1, 0.15) is 0 Å². The van der Waals surface area contributed by atoms with Crippen molar-refractivity contribution in [2.45, 2.75) is 31.7 Å². The topological polar surface area (TPSA) is 61.4 Å². The molecule has 0 bridgehead atoms.